The highest BCUT2D eigenvalue weighted by Crippen LogP contribution is 2.38. The number of amides is 1. The molecule has 118 valence electrons. The lowest BCUT2D eigenvalue weighted by Gasteiger charge is -2.35. The second-order valence-electron chi connectivity index (χ2n) is 5.13. The molecule has 6 heteroatoms. The third-order valence-corrected chi connectivity index (χ3v) is 3.67. The molecule has 6 nitrogen and oxygen atoms in total. The Labute approximate surface area is 133 Å². The Hall–Kier alpha value is -3.02. The molecule has 0 radical (unpaired) electrons. The van der Waals surface area contributed by atoms with Crippen molar-refractivity contribution < 1.29 is 19.1 Å². The molecule has 2 N–H and O–H groups in total. The van der Waals surface area contributed by atoms with Gasteiger partial charge in [0, 0.05) is 5.69 Å². The second kappa shape index (κ2) is 6.00. The van der Waals surface area contributed by atoms with Crippen molar-refractivity contribution in [1.29, 1.82) is 0 Å². The molecule has 1 atom stereocenters. The number of carbonyl (C=O) groups excluding carboxylic acids is 2. The summed E-state index contributed by atoms with van der Waals surface area (Å²) in [4.78, 5) is 25.2. The molecule has 1 amide bonds. The van der Waals surface area contributed by atoms with E-state index in [-0.39, 0.29) is 6.54 Å². The topological polar surface area (TPSA) is 81.9 Å². The Morgan fingerprint density at radius 1 is 1.22 bits per heavy atom. The van der Waals surface area contributed by atoms with Gasteiger partial charge in [0.2, 0.25) is 0 Å². The van der Waals surface area contributed by atoms with Gasteiger partial charge in [0.25, 0.3) is 5.91 Å². The summed E-state index contributed by atoms with van der Waals surface area (Å²) in [6.07, 6.45) is -0.758. The van der Waals surface area contributed by atoms with Crippen LogP contribution in [0.1, 0.15) is 10.4 Å². The number of esters is 1. The van der Waals surface area contributed by atoms with Crippen molar-refractivity contribution in [2.24, 2.45) is 5.73 Å². The van der Waals surface area contributed by atoms with Crippen LogP contribution in [0.15, 0.2) is 48.5 Å². The van der Waals surface area contributed by atoms with Gasteiger partial charge in [-0.3, -0.25) is 4.79 Å². The number of para-hydroxylation sites is 2. The monoisotopic (exact) mass is 312 g/mol. The number of rotatable bonds is 3. The lowest BCUT2D eigenvalue weighted by molar-refractivity contribution is -0.124. The lowest BCUT2D eigenvalue weighted by Crippen LogP contribution is -2.45. The zero-order valence-corrected chi connectivity index (χ0v) is 12.6. The van der Waals surface area contributed by atoms with Crippen molar-refractivity contribution in [2.45, 2.75) is 6.10 Å². The Bertz CT molecular complexity index is 760. The zero-order valence-electron chi connectivity index (χ0n) is 12.6. The number of fused-ring (bicyclic) bond motifs is 1. The van der Waals surface area contributed by atoms with Crippen molar-refractivity contribution in [3.63, 3.8) is 0 Å². The maximum absolute atomic E-state index is 11.7. The van der Waals surface area contributed by atoms with E-state index in [0.717, 1.165) is 11.4 Å². The van der Waals surface area contributed by atoms with E-state index in [1.807, 2.05) is 29.2 Å². The van der Waals surface area contributed by atoms with Crippen molar-refractivity contribution in [3.8, 4) is 5.75 Å². The third kappa shape index (κ3) is 2.83. The van der Waals surface area contributed by atoms with Crippen LogP contribution in [0.25, 0.3) is 0 Å². The van der Waals surface area contributed by atoms with E-state index in [4.69, 9.17) is 15.2 Å². The second-order valence-corrected chi connectivity index (χ2v) is 5.13. The maximum atomic E-state index is 11.7. The molecule has 3 rings (SSSR count). The SMILES string of the molecule is COC(=O)c1cccc(N2CC(C(N)=O)Oc3ccccc32)c1. The molecule has 0 aliphatic carbocycles. The number of nitrogens with two attached hydrogens (primary N) is 1. The molecule has 0 spiro atoms. The first kappa shape index (κ1) is 14.9. The van der Waals surface area contributed by atoms with E-state index in [0.29, 0.717) is 11.3 Å². The number of hydrogen-bond donors (Lipinski definition) is 1. The van der Waals surface area contributed by atoms with Crippen LogP contribution in [0.3, 0.4) is 0 Å². The molecule has 0 bridgehead atoms. The van der Waals surface area contributed by atoms with Gasteiger partial charge in [0.1, 0.15) is 5.75 Å². The molecule has 0 aromatic heterocycles. The van der Waals surface area contributed by atoms with Gasteiger partial charge in [0.05, 0.1) is 24.9 Å². The number of carbonyl (C=O) groups is 2. The van der Waals surface area contributed by atoms with Crippen LogP contribution in [0.2, 0.25) is 0 Å². The average Bonchev–Trinajstić information content (AvgIpc) is 2.60. The van der Waals surface area contributed by atoms with E-state index in [1.165, 1.54) is 7.11 Å². The summed E-state index contributed by atoms with van der Waals surface area (Å²) in [6, 6.07) is 14.4. The number of ether oxygens (including phenoxy) is 2. The fraction of sp³-hybridized carbons (Fsp3) is 0.176. The summed E-state index contributed by atoms with van der Waals surface area (Å²) < 4.78 is 10.4. The van der Waals surface area contributed by atoms with Crippen molar-refractivity contribution in [2.75, 3.05) is 18.6 Å². The number of primary amides is 1. The van der Waals surface area contributed by atoms with Crippen LogP contribution in [-0.4, -0.2) is 31.6 Å². The molecule has 1 heterocycles. The molecule has 2 aromatic carbocycles. The minimum absolute atomic E-state index is 0.275. The first-order valence-corrected chi connectivity index (χ1v) is 7.11. The van der Waals surface area contributed by atoms with Crippen LogP contribution in [0.4, 0.5) is 11.4 Å². The molecule has 23 heavy (non-hydrogen) atoms. The third-order valence-electron chi connectivity index (χ3n) is 3.67. The highest BCUT2D eigenvalue weighted by atomic mass is 16.5. The number of hydrogen-bond acceptors (Lipinski definition) is 5. The number of methoxy groups -OCH3 is 1. The Kier molecular flexibility index (Phi) is 3.89. The largest absolute Gasteiger partial charge is 0.477 e. The number of anilines is 2. The fourth-order valence-corrected chi connectivity index (χ4v) is 2.55. The lowest BCUT2D eigenvalue weighted by atomic mass is 10.1. The van der Waals surface area contributed by atoms with Gasteiger partial charge in [0.15, 0.2) is 6.10 Å². The van der Waals surface area contributed by atoms with Gasteiger partial charge >= 0.3 is 5.97 Å². The van der Waals surface area contributed by atoms with E-state index in [1.54, 1.807) is 24.3 Å². The van der Waals surface area contributed by atoms with E-state index in [2.05, 4.69) is 0 Å². The summed E-state index contributed by atoms with van der Waals surface area (Å²) in [5.74, 6) is -0.375. The minimum Gasteiger partial charge on any atom is -0.477 e. The predicted octanol–water partition coefficient (Wildman–Crippen LogP) is 1.86. The summed E-state index contributed by atoms with van der Waals surface area (Å²) in [5, 5.41) is 0. The molecule has 1 aliphatic rings. The van der Waals surface area contributed by atoms with Crippen molar-refractivity contribution in [3.05, 3.63) is 54.1 Å². The number of benzene rings is 2. The summed E-state index contributed by atoms with van der Waals surface area (Å²) in [6.45, 7) is 0.275. The highest BCUT2D eigenvalue weighted by molar-refractivity contribution is 5.91. The van der Waals surface area contributed by atoms with E-state index >= 15 is 0 Å². The molecular formula is C17H16N2O4. The van der Waals surface area contributed by atoms with Gasteiger partial charge in [-0.05, 0) is 30.3 Å². The molecule has 0 saturated heterocycles. The average molecular weight is 312 g/mol. The minimum atomic E-state index is -0.758. The van der Waals surface area contributed by atoms with Crippen molar-refractivity contribution >= 4 is 23.3 Å². The normalized spacial score (nSPS) is 16.2. The fourth-order valence-electron chi connectivity index (χ4n) is 2.55. The molecule has 1 aliphatic heterocycles. The van der Waals surface area contributed by atoms with E-state index in [9.17, 15) is 9.59 Å². The van der Waals surface area contributed by atoms with Gasteiger partial charge in [-0.25, -0.2) is 4.79 Å². The van der Waals surface area contributed by atoms with Crippen LogP contribution in [-0.2, 0) is 9.53 Å². The van der Waals surface area contributed by atoms with Gasteiger partial charge in [-0.1, -0.05) is 18.2 Å². The summed E-state index contributed by atoms with van der Waals surface area (Å²) >= 11 is 0. The van der Waals surface area contributed by atoms with Crippen molar-refractivity contribution in [1.82, 2.24) is 0 Å². The Balaban J connectivity index is 2.04. The standard InChI is InChI=1S/C17H16N2O4/c1-22-17(21)11-5-4-6-12(9-11)19-10-15(16(18)20)23-14-8-3-2-7-13(14)19/h2-9,15H,10H2,1H3,(H2,18,20). The smallest absolute Gasteiger partial charge is 0.337 e. The molecule has 0 saturated carbocycles. The van der Waals surface area contributed by atoms with Crippen LogP contribution in [0.5, 0.6) is 5.75 Å². The quantitative estimate of drug-likeness (QED) is 0.875. The molecule has 0 fully saturated rings. The van der Waals surface area contributed by atoms with Gasteiger partial charge < -0.3 is 20.1 Å². The summed E-state index contributed by atoms with van der Waals surface area (Å²) in [5.41, 5.74) is 7.41. The summed E-state index contributed by atoms with van der Waals surface area (Å²) in [7, 11) is 1.34. The van der Waals surface area contributed by atoms with Gasteiger partial charge in [-0.2, -0.15) is 0 Å². The van der Waals surface area contributed by atoms with Gasteiger partial charge in [-0.15, -0.1) is 0 Å². The van der Waals surface area contributed by atoms with Crippen LogP contribution >= 0.6 is 0 Å². The molecule has 2 aromatic rings. The number of nitrogens with zero attached hydrogens (tertiary/aromatic N) is 1. The Morgan fingerprint density at radius 2 is 2.00 bits per heavy atom. The molecule has 1 unspecified atom stereocenters. The highest BCUT2D eigenvalue weighted by Gasteiger charge is 2.30. The Morgan fingerprint density at radius 3 is 2.74 bits per heavy atom. The van der Waals surface area contributed by atoms with Crippen LogP contribution < -0.4 is 15.4 Å². The zero-order chi connectivity index (χ0) is 16.4. The molecular weight excluding hydrogens is 296 g/mol. The first-order chi connectivity index (χ1) is 11.1. The van der Waals surface area contributed by atoms with E-state index < -0.39 is 18.0 Å². The maximum Gasteiger partial charge on any atom is 0.337 e. The predicted molar refractivity (Wildman–Crippen MR) is 84.8 cm³/mol. The first-order valence-electron chi connectivity index (χ1n) is 7.11. The van der Waals surface area contributed by atoms with Crippen LogP contribution in [0, 0.1) is 0 Å².